The van der Waals surface area contributed by atoms with E-state index in [1.54, 1.807) is 6.26 Å². The van der Waals surface area contributed by atoms with E-state index >= 15 is 0 Å². The third kappa shape index (κ3) is 6.93. The third-order valence-electron chi connectivity index (χ3n) is 3.05. The lowest BCUT2D eigenvalue weighted by Gasteiger charge is -2.04. The van der Waals surface area contributed by atoms with Gasteiger partial charge in [0, 0.05) is 0 Å². The van der Waals surface area contributed by atoms with Crippen LogP contribution < -0.4 is 0 Å². The maximum absolute atomic E-state index is 11.7. The van der Waals surface area contributed by atoms with Gasteiger partial charge in [0.15, 0.2) is 0 Å². The summed E-state index contributed by atoms with van der Waals surface area (Å²) in [5, 5.41) is 0. The summed E-state index contributed by atoms with van der Waals surface area (Å²) in [5.41, 5.74) is 3.46. The molecule has 0 radical (unpaired) electrons. The summed E-state index contributed by atoms with van der Waals surface area (Å²) in [6, 6.07) is 9.64. The van der Waals surface area contributed by atoms with Gasteiger partial charge in [0.2, 0.25) is 0 Å². The van der Waals surface area contributed by atoms with E-state index in [1.165, 1.54) is 5.57 Å². The molecule has 0 aliphatic carbocycles. The largest absolute Gasteiger partial charge is 0.434 e. The third-order valence-corrected chi connectivity index (χ3v) is 3.05. The number of ether oxygens (including phenoxy) is 1. The molecule has 0 fully saturated rings. The Morgan fingerprint density at radius 3 is 2.40 bits per heavy atom. The molecule has 0 aliphatic heterocycles. The van der Waals surface area contributed by atoms with Crippen LogP contribution in [0.15, 0.2) is 53.8 Å². The molecule has 108 valence electrons. The van der Waals surface area contributed by atoms with Crippen LogP contribution in [0, 0.1) is 0 Å². The first-order valence-electron chi connectivity index (χ1n) is 7.16. The van der Waals surface area contributed by atoms with Gasteiger partial charge in [0.1, 0.15) is 0 Å². The molecule has 0 saturated heterocycles. The number of rotatable bonds is 7. The number of hydrogen-bond acceptors (Lipinski definition) is 2. The highest BCUT2D eigenvalue weighted by Gasteiger charge is 2.03. The van der Waals surface area contributed by atoms with Gasteiger partial charge in [0.25, 0.3) is 0 Å². The Bertz CT molecular complexity index is 469. The zero-order valence-electron chi connectivity index (χ0n) is 12.7. The monoisotopic (exact) mass is 272 g/mol. The second kappa shape index (κ2) is 9.13. The molecular formula is C18H24O2. The van der Waals surface area contributed by atoms with E-state index in [1.807, 2.05) is 37.3 Å². The molecule has 1 rings (SSSR count). The van der Waals surface area contributed by atoms with Crippen molar-refractivity contribution in [3.8, 4) is 0 Å². The summed E-state index contributed by atoms with van der Waals surface area (Å²) in [6.07, 6.45) is 7.16. The molecule has 2 nitrogen and oxygen atoms in total. The summed E-state index contributed by atoms with van der Waals surface area (Å²) in [6.45, 7) is 6.27. The normalized spacial score (nSPS) is 12.3. The fraction of sp³-hybridized carbons (Fsp3) is 0.389. The standard InChI is InChI=1S/C18H24O2/c1-4-8-15(2)11-12-16(3)14-20-18(19)13-17-9-6-5-7-10-17/h5-10,14H,4,11-13H2,1-3H3/b15-8+,16-14+. The van der Waals surface area contributed by atoms with E-state index in [2.05, 4.69) is 19.9 Å². The van der Waals surface area contributed by atoms with Crippen LogP contribution in [0.5, 0.6) is 0 Å². The van der Waals surface area contributed by atoms with Crippen LogP contribution in [0.2, 0.25) is 0 Å². The van der Waals surface area contributed by atoms with E-state index in [0.717, 1.165) is 30.4 Å². The van der Waals surface area contributed by atoms with Gasteiger partial charge >= 0.3 is 5.97 Å². The minimum Gasteiger partial charge on any atom is -0.434 e. The van der Waals surface area contributed by atoms with Crippen molar-refractivity contribution in [2.75, 3.05) is 0 Å². The Balaban J connectivity index is 2.35. The van der Waals surface area contributed by atoms with Crippen molar-refractivity contribution >= 4 is 5.97 Å². The average molecular weight is 272 g/mol. The molecule has 1 aromatic rings. The van der Waals surface area contributed by atoms with E-state index in [9.17, 15) is 4.79 Å². The molecule has 2 heteroatoms. The maximum Gasteiger partial charge on any atom is 0.315 e. The molecule has 20 heavy (non-hydrogen) atoms. The fourth-order valence-corrected chi connectivity index (χ4v) is 1.87. The van der Waals surface area contributed by atoms with E-state index in [-0.39, 0.29) is 5.97 Å². The molecule has 0 spiro atoms. The van der Waals surface area contributed by atoms with E-state index in [4.69, 9.17) is 4.74 Å². The minimum atomic E-state index is -0.212. The molecule has 0 saturated carbocycles. The first-order chi connectivity index (χ1) is 9.61. The van der Waals surface area contributed by atoms with Gasteiger partial charge < -0.3 is 4.74 Å². The predicted molar refractivity (Wildman–Crippen MR) is 83.3 cm³/mol. The first kappa shape index (κ1) is 16.2. The summed E-state index contributed by atoms with van der Waals surface area (Å²) in [4.78, 5) is 11.7. The molecule has 0 bridgehead atoms. The van der Waals surface area contributed by atoms with Crippen molar-refractivity contribution in [2.24, 2.45) is 0 Å². The summed E-state index contributed by atoms with van der Waals surface area (Å²) in [5.74, 6) is -0.212. The Morgan fingerprint density at radius 1 is 1.10 bits per heavy atom. The van der Waals surface area contributed by atoms with Crippen LogP contribution in [0.1, 0.15) is 45.6 Å². The summed E-state index contributed by atoms with van der Waals surface area (Å²) >= 11 is 0. The van der Waals surface area contributed by atoms with Gasteiger partial charge in [-0.1, -0.05) is 48.9 Å². The topological polar surface area (TPSA) is 26.3 Å². The van der Waals surface area contributed by atoms with Gasteiger partial charge in [-0.15, -0.1) is 0 Å². The number of carbonyl (C=O) groups is 1. The van der Waals surface area contributed by atoms with Crippen molar-refractivity contribution in [1.82, 2.24) is 0 Å². The minimum absolute atomic E-state index is 0.212. The van der Waals surface area contributed by atoms with Gasteiger partial charge in [-0.3, -0.25) is 4.79 Å². The zero-order chi connectivity index (χ0) is 14.8. The summed E-state index contributed by atoms with van der Waals surface area (Å²) < 4.78 is 5.18. The lowest BCUT2D eigenvalue weighted by molar-refractivity contribution is -0.137. The van der Waals surface area contributed by atoms with Gasteiger partial charge in [-0.25, -0.2) is 0 Å². The quantitative estimate of drug-likeness (QED) is 0.404. The van der Waals surface area contributed by atoms with Gasteiger partial charge in [-0.05, 0) is 44.2 Å². The Hall–Kier alpha value is -1.83. The summed E-state index contributed by atoms with van der Waals surface area (Å²) in [7, 11) is 0. The number of allylic oxidation sites excluding steroid dienone is 3. The van der Waals surface area contributed by atoms with Crippen LogP contribution in [0.4, 0.5) is 0 Å². The molecule has 0 aromatic heterocycles. The highest BCUT2D eigenvalue weighted by atomic mass is 16.5. The Kier molecular flexibility index (Phi) is 7.41. The van der Waals surface area contributed by atoms with Crippen LogP contribution in [-0.4, -0.2) is 5.97 Å². The average Bonchev–Trinajstić information content (AvgIpc) is 2.44. The van der Waals surface area contributed by atoms with Gasteiger partial charge in [0.05, 0.1) is 12.7 Å². The zero-order valence-corrected chi connectivity index (χ0v) is 12.7. The Morgan fingerprint density at radius 2 is 1.75 bits per heavy atom. The fourth-order valence-electron chi connectivity index (χ4n) is 1.87. The SMILES string of the molecule is CC/C=C(\C)CC/C(C)=C/OC(=O)Cc1ccccc1. The molecule has 0 N–H and O–H groups in total. The molecular weight excluding hydrogens is 248 g/mol. The number of benzene rings is 1. The molecule has 0 unspecified atom stereocenters. The second-order valence-corrected chi connectivity index (χ2v) is 5.08. The molecule has 0 atom stereocenters. The lowest BCUT2D eigenvalue weighted by Crippen LogP contribution is -2.04. The van der Waals surface area contributed by atoms with Crippen molar-refractivity contribution in [3.05, 3.63) is 59.4 Å². The van der Waals surface area contributed by atoms with Crippen molar-refractivity contribution in [2.45, 2.75) is 46.5 Å². The second-order valence-electron chi connectivity index (χ2n) is 5.08. The Labute approximate surface area is 122 Å². The maximum atomic E-state index is 11.7. The van der Waals surface area contributed by atoms with Crippen LogP contribution in [0.3, 0.4) is 0 Å². The van der Waals surface area contributed by atoms with Crippen LogP contribution >= 0.6 is 0 Å². The number of hydrogen-bond donors (Lipinski definition) is 0. The van der Waals surface area contributed by atoms with Crippen LogP contribution in [-0.2, 0) is 16.0 Å². The molecule has 1 aromatic carbocycles. The van der Waals surface area contributed by atoms with Crippen molar-refractivity contribution in [1.29, 1.82) is 0 Å². The van der Waals surface area contributed by atoms with Crippen molar-refractivity contribution in [3.63, 3.8) is 0 Å². The lowest BCUT2D eigenvalue weighted by atomic mass is 10.1. The van der Waals surface area contributed by atoms with Gasteiger partial charge in [-0.2, -0.15) is 0 Å². The van der Waals surface area contributed by atoms with E-state index < -0.39 is 0 Å². The first-order valence-corrected chi connectivity index (χ1v) is 7.16. The predicted octanol–water partition coefficient (Wildman–Crippen LogP) is 4.81. The van der Waals surface area contributed by atoms with Crippen molar-refractivity contribution < 1.29 is 9.53 Å². The van der Waals surface area contributed by atoms with E-state index in [0.29, 0.717) is 6.42 Å². The molecule has 0 aliphatic rings. The number of esters is 1. The molecule has 0 amide bonds. The highest BCUT2D eigenvalue weighted by Crippen LogP contribution is 2.12. The molecule has 0 heterocycles. The smallest absolute Gasteiger partial charge is 0.315 e. The van der Waals surface area contributed by atoms with Crippen LogP contribution in [0.25, 0.3) is 0 Å². The highest BCUT2D eigenvalue weighted by molar-refractivity contribution is 5.73. The number of carbonyl (C=O) groups excluding carboxylic acids is 1.